The molecule has 1 aromatic heterocycles. The molecular weight excluding hydrogens is 282 g/mol. The lowest BCUT2D eigenvalue weighted by atomic mass is 10.1. The number of nitro groups is 1. The number of pyridine rings is 1. The molecule has 3 N–H and O–H groups in total. The van der Waals surface area contributed by atoms with Crippen LogP contribution in [0.3, 0.4) is 0 Å². The first-order valence-electron chi connectivity index (χ1n) is 5.97. The van der Waals surface area contributed by atoms with Gasteiger partial charge in [-0.25, -0.2) is 4.98 Å². The Morgan fingerprint density at radius 1 is 1.75 bits per heavy atom. The highest BCUT2D eigenvalue weighted by Crippen LogP contribution is 2.28. The molecule has 0 aliphatic carbocycles. The molecule has 0 spiro atoms. The van der Waals surface area contributed by atoms with Gasteiger partial charge in [-0.3, -0.25) is 10.1 Å². The topological polar surface area (TPSA) is 118 Å². The Balaban J connectivity index is 2.43. The van der Waals surface area contributed by atoms with Crippen LogP contribution in [-0.4, -0.2) is 45.5 Å². The van der Waals surface area contributed by atoms with E-state index in [2.05, 4.69) is 10.1 Å². The van der Waals surface area contributed by atoms with Crippen LogP contribution in [0.25, 0.3) is 0 Å². The molecule has 1 unspecified atom stereocenters. The lowest BCUT2D eigenvalue weighted by Crippen LogP contribution is -2.34. The van der Waals surface area contributed by atoms with E-state index >= 15 is 0 Å². The maximum atomic E-state index is 10.8. The third kappa shape index (κ3) is 2.77. The van der Waals surface area contributed by atoms with Crippen molar-refractivity contribution in [3.63, 3.8) is 0 Å². The average molecular weight is 297 g/mol. The second kappa shape index (κ2) is 5.95. The number of aromatic nitrogens is 1. The highest BCUT2D eigenvalue weighted by Gasteiger charge is 2.25. The fraction of sp³-hybridized carbons (Fsp3) is 0.455. The summed E-state index contributed by atoms with van der Waals surface area (Å²) in [5, 5.41) is 22.6. The Morgan fingerprint density at radius 3 is 3.05 bits per heavy atom. The number of nitrogens with zero attached hydrogens (tertiary/aromatic N) is 4. The van der Waals surface area contributed by atoms with Crippen LogP contribution >= 0.6 is 11.8 Å². The fourth-order valence-electron chi connectivity index (χ4n) is 2.07. The Hall–Kier alpha value is -2.03. The molecule has 9 heteroatoms. The van der Waals surface area contributed by atoms with E-state index in [9.17, 15) is 10.1 Å². The van der Waals surface area contributed by atoms with Crippen molar-refractivity contribution in [2.75, 3.05) is 23.5 Å². The molecule has 1 aliphatic heterocycles. The van der Waals surface area contributed by atoms with Crippen molar-refractivity contribution in [2.45, 2.75) is 12.5 Å². The zero-order chi connectivity index (χ0) is 14.7. The second-order valence-corrected chi connectivity index (χ2v) is 5.59. The number of amidine groups is 1. The first-order valence-corrected chi connectivity index (χ1v) is 7.13. The van der Waals surface area contributed by atoms with Gasteiger partial charge >= 0.3 is 0 Å². The van der Waals surface area contributed by atoms with E-state index in [1.807, 2.05) is 23.7 Å². The van der Waals surface area contributed by atoms with Crippen LogP contribution in [-0.2, 0) is 0 Å². The maximum Gasteiger partial charge on any atom is 0.288 e. The van der Waals surface area contributed by atoms with Gasteiger partial charge in [-0.1, -0.05) is 5.16 Å². The van der Waals surface area contributed by atoms with E-state index in [0.717, 1.165) is 17.9 Å². The summed E-state index contributed by atoms with van der Waals surface area (Å²) in [6.07, 6.45) is 2.19. The first-order chi connectivity index (χ1) is 9.54. The molecule has 1 atom stereocenters. The van der Waals surface area contributed by atoms with E-state index in [4.69, 9.17) is 10.9 Å². The van der Waals surface area contributed by atoms with Crippen LogP contribution in [0.2, 0.25) is 0 Å². The monoisotopic (exact) mass is 297 g/mol. The third-order valence-electron chi connectivity index (χ3n) is 3.23. The van der Waals surface area contributed by atoms with Crippen molar-refractivity contribution in [2.24, 2.45) is 10.9 Å². The lowest BCUT2D eigenvalue weighted by molar-refractivity contribution is -0.385. The lowest BCUT2D eigenvalue weighted by Gasteiger charge is -2.26. The maximum absolute atomic E-state index is 10.8. The predicted molar refractivity (Wildman–Crippen MR) is 77.5 cm³/mol. The van der Waals surface area contributed by atoms with Crippen molar-refractivity contribution < 1.29 is 10.1 Å². The van der Waals surface area contributed by atoms with Crippen molar-refractivity contribution in [1.82, 2.24) is 4.98 Å². The van der Waals surface area contributed by atoms with Crippen LogP contribution in [0.15, 0.2) is 17.4 Å². The van der Waals surface area contributed by atoms with Crippen LogP contribution in [0.5, 0.6) is 0 Å². The van der Waals surface area contributed by atoms with E-state index in [1.165, 1.54) is 12.3 Å². The number of nitrogens with two attached hydrogens (primary N) is 1. The number of oxime groups is 1. The minimum Gasteiger partial charge on any atom is -0.409 e. The molecule has 1 aromatic rings. The zero-order valence-corrected chi connectivity index (χ0v) is 11.7. The minimum atomic E-state index is -0.559. The summed E-state index contributed by atoms with van der Waals surface area (Å²) in [5.74, 6) is 2.33. The Kier molecular flexibility index (Phi) is 4.28. The zero-order valence-electron chi connectivity index (χ0n) is 10.9. The number of thioether (sulfide) groups is 1. The Morgan fingerprint density at radius 2 is 2.50 bits per heavy atom. The van der Waals surface area contributed by atoms with E-state index in [1.54, 1.807) is 0 Å². The summed E-state index contributed by atoms with van der Waals surface area (Å²) in [5.41, 5.74) is 5.68. The number of hydrogen-bond acceptors (Lipinski definition) is 7. The van der Waals surface area contributed by atoms with Gasteiger partial charge in [0.05, 0.1) is 10.5 Å². The molecule has 1 saturated heterocycles. The second-order valence-electron chi connectivity index (χ2n) is 4.44. The van der Waals surface area contributed by atoms with Crippen molar-refractivity contribution in [1.29, 1.82) is 0 Å². The predicted octanol–water partition coefficient (Wildman–Crippen LogP) is 1.03. The molecule has 0 aromatic carbocycles. The quantitative estimate of drug-likeness (QED) is 0.280. The van der Waals surface area contributed by atoms with E-state index < -0.39 is 4.92 Å². The molecule has 2 rings (SSSR count). The minimum absolute atomic E-state index is 0.186. The SMILES string of the molecule is CN(c1ncc([N+](=O)[O-])cc1C(N)=NO)C1CCSC1. The van der Waals surface area contributed by atoms with Gasteiger partial charge in [-0.05, 0) is 12.2 Å². The average Bonchev–Trinajstić information content (AvgIpc) is 2.99. The Bertz CT molecular complexity index is 545. The van der Waals surface area contributed by atoms with Gasteiger partial charge in [0.1, 0.15) is 12.0 Å². The summed E-state index contributed by atoms with van der Waals surface area (Å²) in [6.45, 7) is 0. The molecule has 0 saturated carbocycles. The fourth-order valence-corrected chi connectivity index (χ4v) is 3.34. The standard InChI is InChI=1S/C11H15N5O3S/c1-15(7-2-3-20-6-7)11-9(10(12)14-17)4-8(5-13-11)16(18)19/h4-5,7,17H,2-3,6H2,1H3,(H2,12,14). The van der Waals surface area contributed by atoms with Gasteiger partial charge < -0.3 is 15.8 Å². The van der Waals surface area contributed by atoms with Gasteiger partial charge in [0.25, 0.3) is 5.69 Å². The summed E-state index contributed by atoms with van der Waals surface area (Å²) < 4.78 is 0. The van der Waals surface area contributed by atoms with Gasteiger partial charge in [-0.15, -0.1) is 0 Å². The van der Waals surface area contributed by atoms with Crippen LogP contribution < -0.4 is 10.6 Å². The van der Waals surface area contributed by atoms with Crippen molar-refractivity contribution in [3.8, 4) is 0 Å². The summed E-state index contributed by atoms with van der Waals surface area (Å²) in [7, 11) is 1.86. The molecule has 20 heavy (non-hydrogen) atoms. The van der Waals surface area contributed by atoms with Gasteiger partial charge in [-0.2, -0.15) is 11.8 Å². The highest BCUT2D eigenvalue weighted by atomic mass is 32.2. The number of rotatable bonds is 4. The molecule has 8 nitrogen and oxygen atoms in total. The van der Waals surface area contributed by atoms with Crippen molar-refractivity contribution >= 4 is 29.1 Å². The molecule has 2 heterocycles. The highest BCUT2D eigenvalue weighted by molar-refractivity contribution is 7.99. The Labute approximate surface area is 119 Å². The number of anilines is 1. The van der Waals surface area contributed by atoms with Crippen LogP contribution in [0, 0.1) is 10.1 Å². The third-order valence-corrected chi connectivity index (χ3v) is 4.38. The molecule has 108 valence electrons. The van der Waals surface area contributed by atoms with E-state index in [0.29, 0.717) is 11.9 Å². The van der Waals surface area contributed by atoms with Gasteiger partial charge in [0.15, 0.2) is 5.84 Å². The molecule has 0 bridgehead atoms. The van der Waals surface area contributed by atoms with Crippen molar-refractivity contribution in [3.05, 3.63) is 27.9 Å². The van der Waals surface area contributed by atoms with E-state index in [-0.39, 0.29) is 17.1 Å². The first kappa shape index (κ1) is 14.4. The van der Waals surface area contributed by atoms with Crippen LogP contribution in [0.4, 0.5) is 11.5 Å². The molecule has 0 radical (unpaired) electrons. The van der Waals surface area contributed by atoms with Crippen LogP contribution in [0.1, 0.15) is 12.0 Å². The molecule has 1 aliphatic rings. The van der Waals surface area contributed by atoms with Gasteiger partial charge in [0, 0.05) is 24.9 Å². The molecule has 1 fully saturated rings. The summed E-state index contributed by atoms with van der Waals surface area (Å²) >= 11 is 1.84. The summed E-state index contributed by atoms with van der Waals surface area (Å²) in [6, 6.07) is 1.56. The van der Waals surface area contributed by atoms with Gasteiger partial charge in [0.2, 0.25) is 0 Å². The largest absolute Gasteiger partial charge is 0.409 e. The smallest absolute Gasteiger partial charge is 0.288 e. The molecular formula is C11H15N5O3S. The number of hydrogen-bond donors (Lipinski definition) is 2. The summed E-state index contributed by atoms with van der Waals surface area (Å²) in [4.78, 5) is 16.3. The molecule has 0 amide bonds. The normalized spacial score (nSPS) is 19.1.